The molecule has 52 heavy (non-hydrogen) atoms. The molecule has 10 rings (SSSR count). The second kappa shape index (κ2) is 12.2. The first-order valence-corrected chi connectivity index (χ1v) is 18.2. The molecule has 2 aliphatic rings. The third kappa shape index (κ3) is 4.96. The van der Waals surface area contributed by atoms with E-state index in [2.05, 4.69) is 150 Å². The predicted molar refractivity (Wildman–Crippen MR) is 214 cm³/mol. The molecule has 0 radical (unpaired) electrons. The second-order valence-corrected chi connectivity index (χ2v) is 14.3. The van der Waals surface area contributed by atoms with E-state index in [0.717, 1.165) is 40.7 Å². The van der Waals surface area contributed by atoms with Crippen LogP contribution in [0.4, 0.5) is 0 Å². The van der Waals surface area contributed by atoms with Crippen LogP contribution in [0.3, 0.4) is 0 Å². The molecule has 0 N–H and O–H groups in total. The van der Waals surface area contributed by atoms with E-state index in [-0.39, 0.29) is 0 Å². The van der Waals surface area contributed by atoms with Crippen LogP contribution in [0.5, 0.6) is 0 Å². The molecule has 0 bridgehead atoms. The van der Waals surface area contributed by atoms with Crippen molar-refractivity contribution in [2.75, 3.05) is 0 Å². The number of aromatic nitrogens is 5. The van der Waals surface area contributed by atoms with Crippen LogP contribution in [-0.2, 0) is 12.8 Å². The zero-order chi connectivity index (χ0) is 34.8. The molecule has 2 aliphatic carbocycles. The fourth-order valence-electron chi connectivity index (χ4n) is 8.17. The molecule has 2 unspecified atom stereocenters. The highest BCUT2D eigenvalue weighted by Crippen LogP contribution is 2.43. The van der Waals surface area contributed by atoms with Gasteiger partial charge in [-0.15, -0.1) is 0 Å². The van der Waals surface area contributed by atoms with Gasteiger partial charge in [0.1, 0.15) is 0 Å². The third-order valence-electron chi connectivity index (χ3n) is 10.7. The van der Waals surface area contributed by atoms with Crippen molar-refractivity contribution < 1.29 is 0 Å². The fourth-order valence-corrected chi connectivity index (χ4v) is 8.17. The van der Waals surface area contributed by atoms with E-state index in [9.17, 15) is 0 Å². The number of fused-ring (bicyclic) bond motifs is 7. The van der Waals surface area contributed by atoms with Crippen LogP contribution in [0.15, 0.2) is 140 Å². The molecule has 0 aliphatic heterocycles. The summed E-state index contributed by atoms with van der Waals surface area (Å²) < 4.78 is 4.87. The van der Waals surface area contributed by atoms with Gasteiger partial charge in [-0.05, 0) is 47.9 Å². The highest BCUT2D eigenvalue weighted by Gasteiger charge is 2.29. The van der Waals surface area contributed by atoms with E-state index in [0.29, 0.717) is 29.4 Å². The van der Waals surface area contributed by atoms with Crippen molar-refractivity contribution in [2.24, 2.45) is 11.8 Å². The summed E-state index contributed by atoms with van der Waals surface area (Å²) in [6, 6.07) is 44.8. The van der Waals surface area contributed by atoms with Crippen molar-refractivity contribution in [3.05, 3.63) is 162 Å². The maximum Gasteiger partial charge on any atom is 0.238 e. The Labute approximate surface area is 303 Å². The minimum atomic E-state index is 0.379. The molecule has 0 spiro atoms. The first-order chi connectivity index (χ1) is 25.6. The van der Waals surface area contributed by atoms with Crippen LogP contribution in [0, 0.1) is 11.8 Å². The smallest absolute Gasteiger partial charge is 0.238 e. The number of hydrogen-bond donors (Lipinski definition) is 0. The predicted octanol–water partition coefficient (Wildman–Crippen LogP) is 11.2. The van der Waals surface area contributed by atoms with Crippen molar-refractivity contribution in [2.45, 2.75) is 26.7 Å². The van der Waals surface area contributed by atoms with E-state index in [1.54, 1.807) is 0 Å². The van der Waals surface area contributed by atoms with Crippen LogP contribution >= 0.6 is 0 Å². The lowest BCUT2D eigenvalue weighted by Gasteiger charge is -2.18. The van der Waals surface area contributed by atoms with Gasteiger partial charge >= 0.3 is 0 Å². The maximum absolute atomic E-state index is 5.35. The Balaban J connectivity index is 1.29. The number of allylic oxidation sites excluding steroid dienone is 2. The molecule has 3 aromatic heterocycles. The quantitative estimate of drug-likeness (QED) is 0.183. The lowest BCUT2D eigenvalue weighted by Crippen LogP contribution is -2.13. The van der Waals surface area contributed by atoms with E-state index in [1.165, 1.54) is 44.4 Å². The Morgan fingerprint density at radius 3 is 1.48 bits per heavy atom. The summed E-state index contributed by atoms with van der Waals surface area (Å²) in [7, 11) is 0. The SMILES string of the molecule is CC1C=Cc2c(n(-c3ccccc3)c3c2ccc2c4c(n(-c5nc(-c6ccccc6)nc(-c6ccc(-c7ccccc7)cc6)n5)c23)CC(C)C=C4)C1. The molecule has 0 amide bonds. The summed E-state index contributed by atoms with van der Waals surface area (Å²) in [6.07, 6.45) is 11.2. The average Bonchev–Trinajstić information content (AvgIpc) is 3.70. The Kier molecular flexibility index (Phi) is 7.14. The lowest BCUT2D eigenvalue weighted by molar-refractivity contribution is 0.683. The first kappa shape index (κ1) is 30.5. The van der Waals surface area contributed by atoms with Gasteiger partial charge < -0.3 is 4.57 Å². The standard InChI is InChI=1S/C47H37N5/c1-30-18-24-37-39-26-27-40-38-25-19-31(2)29-42(38)52(44(40)43(39)51(41(37)28-30)36-16-10-5-11-17-36)47-49-45(34-14-8-4-9-15-34)48-46(50-47)35-22-20-33(21-23-35)32-12-6-3-7-13-32/h3-27,30-31H,28-29H2,1-2H3. The third-order valence-corrected chi connectivity index (χ3v) is 10.7. The van der Waals surface area contributed by atoms with Crippen molar-refractivity contribution in [1.29, 1.82) is 0 Å². The number of para-hydroxylation sites is 1. The van der Waals surface area contributed by atoms with Crippen molar-refractivity contribution in [3.8, 4) is 45.5 Å². The Hall–Kier alpha value is -6.33. The molecular formula is C47H37N5. The molecule has 2 atom stereocenters. The molecule has 250 valence electrons. The first-order valence-electron chi connectivity index (χ1n) is 18.2. The maximum atomic E-state index is 5.35. The summed E-state index contributed by atoms with van der Waals surface area (Å²) in [4.78, 5) is 15.8. The molecule has 0 saturated carbocycles. The summed E-state index contributed by atoms with van der Waals surface area (Å²) in [5.74, 6) is 2.78. The van der Waals surface area contributed by atoms with E-state index in [4.69, 9.17) is 15.0 Å². The van der Waals surface area contributed by atoms with Crippen LogP contribution in [0.1, 0.15) is 36.4 Å². The van der Waals surface area contributed by atoms with Gasteiger partial charge in [0.25, 0.3) is 0 Å². The molecule has 3 heterocycles. The fraction of sp³-hybridized carbons (Fsp3) is 0.128. The largest absolute Gasteiger partial charge is 0.311 e. The van der Waals surface area contributed by atoms with E-state index < -0.39 is 0 Å². The second-order valence-electron chi connectivity index (χ2n) is 14.3. The number of nitrogens with zero attached hydrogens (tertiary/aromatic N) is 5. The monoisotopic (exact) mass is 671 g/mol. The van der Waals surface area contributed by atoms with Gasteiger partial charge in [-0.2, -0.15) is 9.97 Å². The summed E-state index contributed by atoms with van der Waals surface area (Å²) in [5.41, 5.74) is 12.9. The Morgan fingerprint density at radius 1 is 0.462 bits per heavy atom. The lowest BCUT2D eigenvalue weighted by atomic mass is 9.93. The Bertz CT molecular complexity index is 2680. The molecule has 0 fully saturated rings. The number of rotatable bonds is 5. The minimum absolute atomic E-state index is 0.379. The van der Waals surface area contributed by atoms with Gasteiger partial charge in [0.05, 0.1) is 11.0 Å². The highest BCUT2D eigenvalue weighted by atomic mass is 15.2. The average molecular weight is 672 g/mol. The normalized spacial score (nSPS) is 16.3. The zero-order valence-electron chi connectivity index (χ0n) is 29.2. The summed E-state index contributed by atoms with van der Waals surface area (Å²) in [6.45, 7) is 4.59. The summed E-state index contributed by atoms with van der Waals surface area (Å²) in [5, 5.41) is 2.46. The molecule has 5 nitrogen and oxygen atoms in total. The number of benzene rings is 5. The van der Waals surface area contributed by atoms with E-state index in [1.807, 2.05) is 24.3 Å². The zero-order valence-corrected chi connectivity index (χ0v) is 29.2. The molecular weight excluding hydrogens is 635 g/mol. The van der Waals surface area contributed by atoms with Gasteiger partial charge in [-0.3, -0.25) is 4.57 Å². The molecule has 5 heteroatoms. The van der Waals surface area contributed by atoms with Gasteiger partial charge in [-0.1, -0.05) is 153 Å². The molecule has 5 aromatic carbocycles. The van der Waals surface area contributed by atoms with Gasteiger partial charge in [-0.25, -0.2) is 4.98 Å². The van der Waals surface area contributed by atoms with E-state index >= 15 is 0 Å². The van der Waals surface area contributed by atoms with Crippen LogP contribution < -0.4 is 0 Å². The van der Waals surface area contributed by atoms with Crippen molar-refractivity contribution >= 4 is 34.0 Å². The van der Waals surface area contributed by atoms with Gasteiger partial charge in [0.2, 0.25) is 5.95 Å². The van der Waals surface area contributed by atoms with Crippen molar-refractivity contribution in [1.82, 2.24) is 24.1 Å². The topological polar surface area (TPSA) is 48.5 Å². The van der Waals surface area contributed by atoms with Gasteiger partial charge in [0.15, 0.2) is 11.6 Å². The summed E-state index contributed by atoms with van der Waals surface area (Å²) >= 11 is 0. The van der Waals surface area contributed by atoms with Gasteiger partial charge in [0, 0.05) is 50.1 Å². The minimum Gasteiger partial charge on any atom is -0.311 e. The van der Waals surface area contributed by atoms with Crippen molar-refractivity contribution in [3.63, 3.8) is 0 Å². The van der Waals surface area contributed by atoms with Crippen LogP contribution in [0.2, 0.25) is 0 Å². The molecule has 8 aromatic rings. The highest BCUT2D eigenvalue weighted by molar-refractivity contribution is 6.12. The number of hydrogen-bond acceptors (Lipinski definition) is 3. The van der Waals surface area contributed by atoms with Crippen LogP contribution in [0.25, 0.3) is 79.5 Å². The molecule has 0 saturated heterocycles. The Morgan fingerprint density at radius 2 is 0.904 bits per heavy atom. The van der Waals surface area contributed by atoms with Crippen LogP contribution in [-0.4, -0.2) is 24.1 Å².